The molecule has 1 aromatic heterocycles. The summed E-state index contributed by atoms with van der Waals surface area (Å²) in [6, 6.07) is 26.4. The number of nitrogens with zero attached hydrogens (tertiary/aromatic N) is 2. The Hall–Kier alpha value is -4.19. The summed E-state index contributed by atoms with van der Waals surface area (Å²) in [5, 5.41) is 17.1. The normalized spacial score (nSPS) is 18.8. The number of ether oxygens (including phenoxy) is 2. The number of rotatable bonds is 12. The van der Waals surface area contributed by atoms with E-state index in [9.17, 15) is 9.59 Å². The number of nitrogens with one attached hydrogen (secondary N) is 4. The highest BCUT2D eigenvalue weighted by atomic mass is 32.2. The van der Waals surface area contributed by atoms with Gasteiger partial charge < -0.3 is 25.4 Å². The van der Waals surface area contributed by atoms with Crippen LogP contribution in [0.4, 0.5) is 10.5 Å². The highest BCUT2D eigenvalue weighted by Gasteiger charge is 2.33. The Morgan fingerprint density at radius 1 is 1.02 bits per heavy atom. The van der Waals surface area contributed by atoms with Crippen molar-refractivity contribution in [2.45, 2.75) is 55.1 Å². The van der Waals surface area contributed by atoms with Crippen LogP contribution >= 0.6 is 11.8 Å². The van der Waals surface area contributed by atoms with Crippen LogP contribution in [0.5, 0.6) is 0 Å². The fraction of sp³-hybridized carbons (Fsp3) is 0.333. The van der Waals surface area contributed by atoms with Gasteiger partial charge in [-0.2, -0.15) is 5.10 Å². The number of hydrogen-bond donors (Lipinski definition) is 4. The molecule has 11 heteroatoms. The van der Waals surface area contributed by atoms with Crippen LogP contribution in [0.3, 0.4) is 0 Å². The van der Waals surface area contributed by atoms with E-state index in [2.05, 4.69) is 38.1 Å². The minimum absolute atomic E-state index is 0.0181. The number of para-hydroxylation sites is 1. The van der Waals surface area contributed by atoms with E-state index < -0.39 is 18.1 Å². The van der Waals surface area contributed by atoms with E-state index in [1.807, 2.05) is 84.9 Å². The van der Waals surface area contributed by atoms with Crippen molar-refractivity contribution in [1.82, 2.24) is 25.8 Å². The molecule has 44 heavy (non-hydrogen) atoms. The van der Waals surface area contributed by atoms with Crippen LogP contribution in [-0.4, -0.2) is 70.9 Å². The molecule has 4 aromatic rings. The number of alkyl carbamates (subject to hydrolysis) is 1. The predicted octanol–water partition coefficient (Wildman–Crippen LogP) is 4.77. The summed E-state index contributed by atoms with van der Waals surface area (Å²) < 4.78 is 11.4. The van der Waals surface area contributed by atoms with Gasteiger partial charge in [0.2, 0.25) is 5.91 Å². The van der Waals surface area contributed by atoms with Crippen LogP contribution in [0.2, 0.25) is 0 Å². The Bertz CT molecular complexity index is 1430. The summed E-state index contributed by atoms with van der Waals surface area (Å²) in [6.07, 6.45) is 2.34. The molecule has 5 rings (SSSR count). The summed E-state index contributed by atoms with van der Waals surface area (Å²) in [7, 11) is 1.29. The summed E-state index contributed by atoms with van der Waals surface area (Å²) in [5.41, 5.74) is 3.48. The molecule has 4 N–H and O–H groups in total. The third-order valence-corrected chi connectivity index (χ3v) is 8.74. The van der Waals surface area contributed by atoms with Crippen molar-refractivity contribution in [2.75, 3.05) is 24.7 Å². The quantitative estimate of drug-likeness (QED) is 0.168. The second-order valence-corrected chi connectivity index (χ2v) is 11.7. The largest absolute Gasteiger partial charge is 0.453 e. The Morgan fingerprint density at radius 3 is 2.36 bits per heavy atom. The molecule has 4 atom stereocenters. The SMILES string of the molecule is COC(=O)NC(C(=O)Nc1ccccc1CC[C@@H]1CN[C@H](C)[C@@H](CSc2ncn[nH]2)O1)C(c1ccccc1)c1ccccc1. The van der Waals surface area contributed by atoms with E-state index >= 15 is 0 Å². The number of aromatic nitrogens is 3. The fourth-order valence-corrected chi connectivity index (χ4v) is 6.34. The zero-order valence-corrected chi connectivity index (χ0v) is 25.6. The zero-order valence-electron chi connectivity index (χ0n) is 24.8. The topological polar surface area (TPSA) is 130 Å². The molecule has 10 nitrogen and oxygen atoms in total. The van der Waals surface area contributed by atoms with Crippen molar-refractivity contribution in [3.63, 3.8) is 0 Å². The molecular formula is C33H38N6O4S. The monoisotopic (exact) mass is 614 g/mol. The zero-order chi connectivity index (χ0) is 30.7. The number of aromatic amines is 1. The standard InChI is InChI=1S/C33H38N6O4S/c1-22-28(20-44-32-35-21-36-39-32)43-26(19-34-22)18-17-23-11-9-10-16-27(23)37-31(40)30(38-33(41)42-2)29(24-12-5-3-6-13-24)25-14-7-4-8-15-25/h3-16,21-22,26,28-30,34H,17-20H2,1-2H3,(H,37,40)(H,38,41)(H,35,36,39)/t22-,26-,28-,30?/m1/s1. The Labute approximate surface area is 261 Å². The van der Waals surface area contributed by atoms with Crippen molar-refractivity contribution in [1.29, 1.82) is 0 Å². The highest BCUT2D eigenvalue weighted by Crippen LogP contribution is 2.30. The number of H-pyrrole nitrogens is 1. The lowest BCUT2D eigenvalue weighted by atomic mass is 9.84. The molecule has 0 radical (unpaired) electrons. The van der Waals surface area contributed by atoms with Gasteiger partial charge in [-0.25, -0.2) is 9.78 Å². The van der Waals surface area contributed by atoms with Gasteiger partial charge in [-0.15, -0.1) is 0 Å². The average Bonchev–Trinajstić information content (AvgIpc) is 3.59. The molecule has 1 fully saturated rings. The van der Waals surface area contributed by atoms with Gasteiger partial charge in [-0.1, -0.05) is 90.6 Å². The van der Waals surface area contributed by atoms with E-state index in [0.29, 0.717) is 12.1 Å². The first kappa shape index (κ1) is 31.2. The number of aryl methyl sites for hydroxylation is 1. The van der Waals surface area contributed by atoms with Gasteiger partial charge in [0.05, 0.1) is 19.3 Å². The van der Waals surface area contributed by atoms with E-state index in [-0.39, 0.29) is 24.2 Å². The number of carbonyl (C=O) groups is 2. The first-order valence-corrected chi connectivity index (χ1v) is 15.7. The number of amides is 2. The summed E-state index contributed by atoms with van der Waals surface area (Å²) >= 11 is 1.59. The number of hydrogen-bond acceptors (Lipinski definition) is 8. The molecule has 0 aliphatic carbocycles. The van der Waals surface area contributed by atoms with Gasteiger partial charge in [0.1, 0.15) is 12.4 Å². The van der Waals surface area contributed by atoms with Crippen molar-refractivity contribution >= 4 is 29.4 Å². The van der Waals surface area contributed by atoms with E-state index in [1.165, 1.54) is 13.4 Å². The van der Waals surface area contributed by atoms with Gasteiger partial charge >= 0.3 is 6.09 Å². The molecule has 0 bridgehead atoms. The maximum absolute atomic E-state index is 14.0. The Kier molecular flexibility index (Phi) is 11.0. The van der Waals surface area contributed by atoms with Crippen LogP contribution in [0.15, 0.2) is 96.4 Å². The first-order chi connectivity index (χ1) is 21.5. The van der Waals surface area contributed by atoms with Gasteiger partial charge in [-0.3, -0.25) is 9.89 Å². The lowest BCUT2D eigenvalue weighted by Crippen LogP contribution is -2.52. The number of benzene rings is 3. The third-order valence-electron chi connectivity index (χ3n) is 7.77. The first-order valence-electron chi connectivity index (χ1n) is 14.7. The molecule has 2 amide bonds. The van der Waals surface area contributed by atoms with Crippen molar-refractivity contribution < 1.29 is 19.1 Å². The van der Waals surface area contributed by atoms with Crippen LogP contribution in [0.25, 0.3) is 0 Å². The number of morpholine rings is 1. The number of methoxy groups -OCH3 is 1. The Balaban J connectivity index is 1.30. The van der Waals surface area contributed by atoms with Crippen molar-refractivity contribution in [2.24, 2.45) is 0 Å². The summed E-state index contributed by atoms with van der Waals surface area (Å²) in [4.78, 5) is 30.7. The molecule has 0 saturated carbocycles. The fourth-order valence-electron chi connectivity index (χ4n) is 5.41. The van der Waals surface area contributed by atoms with Gasteiger partial charge in [0.25, 0.3) is 0 Å². The van der Waals surface area contributed by atoms with Crippen molar-refractivity contribution in [3.05, 3.63) is 108 Å². The molecular weight excluding hydrogens is 576 g/mol. The number of thioether (sulfide) groups is 1. The third kappa shape index (κ3) is 8.25. The molecule has 1 saturated heterocycles. The summed E-state index contributed by atoms with van der Waals surface area (Å²) in [6.45, 7) is 2.88. The van der Waals surface area contributed by atoms with Crippen molar-refractivity contribution in [3.8, 4) is 0 Å². The van der Waals surface area contributed by atoms with E-state index in [0.717, 1.165) is 40.6 Å². The minimum atomic E-state index is -0.935. The second kappa shape index (κ2) is 15.5. The van der Waals surface area contributed by atoms with E-state index in [4.69, 9.17) is 9.47 Å². The maximum Gasteiger partial charge on any atom is 0.407 e. The molecule has 3 aromatic carbocycles. The van der Waals surface area contributed by atoms with Crippen LogP contribution in [0.1, 0.15) is 36.0 Å². The predicted molar refractivity (Wildman–Crippen MR) is 171 cm³/mol. The van der Waals surface area contributed by atoms with E-state index in [1.54, 1.807) is 11.8 Å². The smallest absolute Gasteiger partial charge is 0.407 e. The Morgan fingerprint density at radius 2 is 1.70 bits per heavy atom. The van der Waals surface area contributed by atoms with Gasteiger partial charge in [-0.05, 0) is 42.5 Å². The van der Waals surface area contributed by atoms with Gasteiger partial charge in [0, 0.05) is 29.9 Å². The van der Waals surface area contributed by atoms with Crippen LogP contribution < -0.4 is 16.0 Å². The minimum Gasteiger partial charge on any atom is -0.453 e. The molecule has 1 aliphatic rings. The summed E-state index contributed by atoms with van der Waals surface area (Å²) in [5.74, 6) is -0.0287. The molecule has 230 valence electrons. The lowest BCUT2D eigenvalue weighted by molar-refractivity contribution is -0.118. The molecule has 1 unspecified atom stereocenters. The van der Waals surface area contributed by atoms with Gasteiger partial charge in [0.15, 0.2) is 5.16 Å². The molecule has 0 spiro atoms. The number of anilines is 1. The highest BCUT2D eigenvalue weighted by molar-refractivity contribution is 7.99. The second-order valence-electron chi connectivity index (χ2n) is 10.7. The number of carbonyl (C=O) groups excluding carboxylic acids is 2. The maximum atomic E-state index is 14.0. The van der Waals surface area contributed by atoms with Crippen LogP contribution in [-0.2, 0) is 20.7 Å². The lowest BCUT2D eigenvalue weighted by Gasteiger charge is -2.35. The van der Waals surface area contributed by atoms with Crippen LogP contribution in [0, 0.1) is 0 Å². The molecule has 2 heterocycles. The molecule has 1 aliphatic heterocycles. The average molecular weight is 615 g/mol.